The minimum absolute atomic E-state index is 0.147. The maximum absolute atomic E-state index is 13.2. The molecule has 1 saturated heterocycles. The lowest BCUT2D eigenvalue weighted by Crippen LogP contribution is -2.66. The molecule has 1 aliphatic heterocycles. The second-order valence-corrected chi connectivity index (χ2v) is 5.69. The fraction of sp³-hybridized carbons (Fsp3) is 0.833. The lowest BCUT2D eigenvalue weighted by atomic mass is 9.84. The zero-order valence-electron chi connectivity index (χ0n) is 10.9. The molecule has 3 amide bonds. The second kappa shape index (κ2) is 4.61. The molecule has 2 atom stereocenters. The summed E-state index contributed by atoms with van der Waals surface area (Å²) in [6.07, 6.45) is 0.244. The molecule has 2 unspecified atom stereocenters. The summed E-state index contributed by atoms with van der Waals surface area (Å²) in [7, 11) is 0. The van der Waals surface area contributed by atoms with Gasteiger partial charge in [0, 0.05) is 25.9 Å². The van der Waals surface area contributed by atoms with E-state index in [0.29, 0.717) is 19.5 Å². The van der Waals surface area contributed by atoms with Crippen LogP contribution in [0.3, 0.4) is 0 Å². The number of alkyl halides is 2. The van der Waals surface area contributed by atoms with Crippen molar-refractivity contribution in [3.63, 3.8) is 0 Å². The van der Waals surface area contributed by atoms with E-state index in [1.165, 1.54) is 4.90 Å². The lowest BCUT2D eigenvalue weighted by Gasteiger charge is -2.43. The van der Waals surface area contributed by atoms with Gasteiger partial charge in [0.25, 0.3) is 0 Å². The van der Waals surface area contributed by atoms with Crippen LogP contribution >= 0.6 is 0 Å². The summed E-state index contributed by atoms with van der Waals surface area (Å²) in [5.41, 5.74) is 4.18. The van der Waals surface area contributed by atoms with Crippen LogP contribution in [0, 0.1) is 5.92 Å². The molecule has 2 rings (SSSR count). The SMILES string of the molecule is CC1(CC2CCC(F)(F)C2)C(=O)NCCN1C(N)=O. The van der Waals surface area contributed by atoms with Crippen molar-refractivity contribution in [3.05, 3.63) is 0 Å². The van der Waals surface area contributed by atoms with Gasteiger partial charge in [-0.15, -0.1) is 0 Å². The monoisotopic (exact) mass is 275 g/mol. The minimum Gasteiger partial charge on any atom is -0.352 e. The van der Waals surface area contributed by atoms with Gasteiger partial charge in [-0.25, -0.2) is 13.6 Å². The quantitative estimate of drug-likeness (QED) is 0.791. The largest absolute Gasteiger partial charge is 0.352 e. The Hall–Kier alpha value is -1.40. The molecule has 0 aromatic heterocycles. The van der Waals surface area contributed by atoms with Crippen LogP contribution < -0.4 is 11.1 Å². The van der Waals surface area contributed by atoms with Crippen molar-refractivity contribution in [2.24, 2.45) is 11.7 Å². The van der Waals surface area contributed by atoms with Crippen molar-refractivity contribution in [1.82, 2.24) is 10.2 Å². The van der Waals surface area contributed by atoms with E-state index in [1.807, 2.05) is 0 Å². The average Bonchev–Trinajstić information content (AvgIpc) is 2.61. The van der Waals surface area contributed by atoms with E-state index >= 15 is 0 Å². The molecule has 1 heterocycles. The predicted molar refractivity (Wildman–Crippen MR) is 64.6 cm³/mol. The van der Waals surface area contributed by atoms with E-state index < -0.39 is 17.5 Å². The maximum atomic E-state index is 13.2. The molecule has 0 bridgehead atoms. The smallest absolute Gasteiger partial charge is 0.315 e. The number of primary amides is 1. The van der Waals surface area contributed by atoms with Crippen molar-refractivity contribution < 1.29 is 18.4 Å². The van der Waals surface area contributed by atoms with E-state index in [-0.39, 0.29) is 31.1 Å². The number of carbonyl (C=O) groups is 2. The Balaban J connectivity index is 2.14. The van der Waals surface area contributed by atoms with Crippen LogP contribution in [0.1, 0.15) is 32.6 Å². The zero-order chi connectivity index (χ0) is 14.3. The van der Waals surface area contributed by atoms with Gasteiger partial charge < -0.3 is 16.0 Å². The van der Waals surface area contributed by atoms with Gasteiger partial charge in [0.2, 0.25) is 11.8 Å². The molecule has 3 N–H and O–H groups in total. The predicted octanol–water partition coefficient (Wildman–Crippen LogP) is 1.08. The number of halogens is 2. The molecule has 108 valence electrons. The number of nitrogens with one attached hydrogen (secondary N) is 1. The molecular formula is C12H19F2N3O2. The Labute approximate surface area is 110 Å². The van der Waals surface area contributed by atoms with Crippen LogP contribution in [-0.4, -0.2) is 41.4 Å². The highest BCUT2D eigenvalue weighted by atomic mass is 19.3. The first-order valence-corrected chi connectivity index (χ1v) is 6.48. The Bertz CT molecular complexity index is 402. The number of amides is 3. The zero-order valence-corrected chi connectivity index (χ0v) is 10.9. The molecule has 19 heavy (non-hydrogen) atoms. The number of carbonyl (C=O) groups excluding carboxylic acids is 2. The van der Waals surface area contributed by atoms with Crippen molar-refractivity contribution in [2.45, 2.75) is 44.1 Å². The van der Waals surface area contributed by atoms with Crippen molar-refractivity contribution >= 4 is 11.9 Å². The molecule has 2 aliphatic rings. The van der Waals surface area contributed by atoms with E-state index in [0.717, 1.165) is 0 Å². The second-order valence-electron chi connectivity index (χ2n) is 5.69. The topological polar surface area (TPSA) is 75.4 Å². The van der Waals surface area contributed by atoms with Crippen molar-refractivity contribution in [3.8, 4) is 0 Å². The van der Waals surface area contributed by atoms with E-state index in [1.54, 1.807) is 6.92 Å². The standard InChI is InChI=1S/C12H19F2N3O2/c1-11(6-8-2-3-12(13,14)7-8)9(18)16-4-5-17(11)10(15)19/h8H,2-7H2,1H3,(H2,15,19)(H,16,18). The van der Waals surface area contributed by atoms with Gasteiger partial charge >= 0.3 is 6.03 Å². The molecule has 5 nitrogen and oxygen atoms in total. The van der Waals surface area contributed by atoms with Gasteiger partial charge in [0.1, 0.15) is 5.54 Å². The summed E-state index contributed by atoms with van der Waals surface area (Å²) < 4.78 is 26.4. The van der Waals surface area contributed by atoms with Gasteiger partial charge in [-0.3, -0.25) is 4.79 Å². The fourth-order valence-corrected chi connectivity index (χ4v) is 3.18. The summed E-state index contributed by atoms with van der Waals surface area (Å²) in [5, 5.41) is 2.68. The first kappa shape index (κ1) is 14.0. The number of hydrogen-bond donors (Lipinski definition) is 2. The third kappa shape index (κ3) is 2.64. The first-order chi connectivity index (χ1) is 8.74. The number of hydrogen-bond acceptors (Lipinski definition) is 2. The van der Waals surface area contributed by atoms with Crippen LogP contribution in [0.5, 0.6) is 0 Å². The van der Waals surface area contributed by atoms with Gasteiger partial charge in [-0.2, -0.15) is 0 Å². The number of piperazine rings is 1. The van der Waals surface area contributed by atoms with Crippen LogP contribution in [0.25, 0.3) is 0 Å². The van der Waals surface area contributed by atoms with E-state index in [2.05, 4.69) is 5.32 Å². The first-order valence-electron chi connectivity index (χ1n) is 6.48. The summed E-state index contributed by atoms with van der Waals surface area (Å²) >= 11 is 0. The third-order valence-corrected chi connectivity index (χ3v) is 4.16. The highest BCUT2D eigenvalue weighted by molar-refractivity contribution is 5.91. The number of nitrogens with zero attached hydrogens (tertiary/aromatic N) is 1. The van der Waals surface area contributed by atoms with Gasteiger partial charge in [-0.1, -0.05) is 0 Å². The van der Waals surface area contributed by atoms with Crippen LogP contribution in [-0.2, 0) is 4.79 Å². The number of urea groups is 1. The van der Waals surface area contributed by atoms with Gasteiger partial charge in [0.15, 0.2) is 0 Å². The molecule has 0 spiro atoms. The molecule has 7 heteroatoms. The Morgan fingerprint density at radius 3 is 2.79 bits per heavy atom. The summed E-state index contributed by atoms with van der Waals surface area (Å²) in [6, 6.07) is -0.679. The minimum atomic E-state index is -2.65. The molecule has 0 aromatic carbocycles. The van der Waals surface area contributed by atoms with Crippen molar-refractivity contribution in [1.29, 1.82) is 0 Å². The lowest BCUT2D eigenvalue weighted by molar-refractivity contribution is -0.135. The Morgan fingerprint density at radius 2 is 2.26 bits per heavy atom. The summed E-state index contributed by atoms with van der Waals surface area (Å²) in [5.74, 6) is -3.22. The average molecular weight is 275 g/mol. The van der Waals surface area contributed by atoms with E-state index in [9.17, 15) is 18.4 Å². The fourth-order valence-electron chi connectivity index (χ4n) is 3.18. The Morgan fingerprint density at radius 1 is 1.58 bits per heavy atom. The van der Waals surface area contributed by atoms with Crippen LogP contribution in [0.2, 0.25) is 0 Å². The molecule has 0 radical (unpaired) electrons. The Kier molecular flexibility index (Phi) is 3.40. The van der Waals surface area contributed by atoms with E-state index in [4.69, 9.17) is 5.73 Å². The maximum Gasteiger partial charge on any atom is 0.315 e. The molecular weight excluding hydrogens is 256 g/mol. The van der Waals surface area contributed by atoms with Gasteiger partial charge in [0.05, 0.1) is 0 Å². The highest BCUT2D eigenvalue weighted by Crippen LogP contribution is 2.43. The normalized spacial score (nSPS) is 34.2. The number of nitrogens with two attached hydrogens (primary N) is 1. The third-order valence-electron chi connectivity index (χ3n) is 4.16. The molecule has 0 aromatic rings. The molecule has 1 aliphatic carbocycles. The summed E-state index contributed by atoms with van der Waals surface area (Å²) in [6.45, 7) is 2.27. The van der Waals surface area contributed by atoms with Crippen LogP contribution in [0.15, 0.2) is 0 Å². The van der Waals surface area contributed by atoms with Crippen molar-refractivity contribution in [2.75, 3.05) is 13.1 Å². The van der Waals surface area contributed by atoms with Gasteiger partial charge in [-0.05, 0) is 25.7 Å². The molecule has 2 fully saturated rings. The highest BCUT2D eigenvalue weighted by Gasteiger charge is 2.49. The van der Waals surface area contributed by atoms with Crippen LogP contribution in [0.4, 0.5) is 13.6 Å². The molecule has 1 saturated carbocycles. The summed E-state index contributed by atoms with van der Waals surface area (Å²) in [4.78, 5) is 24.8. The number of rotatable bonds is 2.